The third-order valence-electron chi connectivity index (χ3n) is 3.39. The maximum Gasteiger partial charge on any atom is 0.317 e. The first kappa shape index (κ1) is 15.7. The topological polar surface area (TPSA) is 90.9 Å². The highest BCUT2D eigenvalue weighted by Gasteiger charge is 2.22. The Morgan fingerprint density at radius 1 is 1.47 bits per heavy atom. The molecule has 1 aliphatic rings. The molecule has 2 amide bonds. The first-order chi connectivity index (χ1) is 9.04. The molecule has 0 bridgehead atoms. The molecular weight excluding hydrogens is 250 g/mol. The summed E-state index contributed by atoms with van der Waals surface area (Å²) in [6.45, 7) is 2.04. The Morgan fingerprint density at radius 3 is 2.63 bits per heavy atom. The minimum Gasteiger partial charge on any atom is -0.481 e. The number of hydrogen-bond acceptors (Lipinski definition) is 4. The van der Waals surface area contributed by atoms with Crippen LogP contribution in [0.1, 0.15) is 19.3 Å². The number of carbonyl (C=O) groups excluding carboxylic acids is 1. The average Bonchev–Trinajstić information content (AvgIpc) is 2.42. The molecule has 0 saturated carbocycles. The molecule has 0 spiro atoms. The smallest absolute Gasteiger partial charge is 0.317 e. The van der Waals surface area contributed by atoms with Crippen LogP contribution in [0.25, 0.3) is 0 Å². The van der Waals surface area contributed by atoms with Gasteiger partial charge in [-0.3, -0.25) is 4.79 Å². The van der Waals surface area contributed by atoms with Crippen molar-refractivity contribution >= 4 is 12.0 Å². The van der Waals surface area contributed by atoms with Crippen molar-refractivity contribution in [1.29, 1.82) is 0 Å². The summed E-state index contributed by atoms with van der Waals surface area (Å²) in [4.78, 5) is 24.2. The van der Waals surface area contributed by atoms with Gasteiger partial charge < -0.3 is 25.4 Å². The van der Waals surface area contributed by atoms with Gasteiger partial charge >= 0.3 is 12.0 Å². The summed E-state index contributed by atoms with van der Waals surface area (Å²) in [6, 6.07) is 0.0565. The van der Waals surface area contributed by atoms with Crippen LogP contribution in [0.4, 0.5) is 4.79 Å². The molecule has 0 aromatic carbocycles. The molecule has 0 aliphatic carbocycles. The summed E-state index contributed by atoms with van der Waals surface area (Å²) in [6.07, 6.45) is 1.26. The molecule has 1 unspecified atom stereocenters. The van der Waals surface area contributed by atoms with Crippen LogP contribution < -0.4 is 10.6 Å². The monoisotopic (exact) mass is 273 g/mol. The van der Waals surface area contributed by atoms with E-state index in [0.29, 0.717) is 0 Å². The standard InChI is InChI=1S/C12H23N3O4/c1-15(9-3-5-13-6-4-9)12(18)14-8-10(19-2)7-11(16)17/h9-10,13H,3-8H2,1-2H3,(H,14,18)(H,16,17). The highest BCUT2D eigenvalue weighted by molar-refractivity contribution is 5.74. The Morgan fingerprint density at radius 2 is 2.11 bits per heavy atom. The minimum atomic E-state index is -0.937. The SMILES string of the molecule is COC(CNC(=O)N(C)C1CCNCC1)CC(=O)O. The number of methoxy groups -OCH3 is 1. The molecule has 1 saturated heterocycles. The molecule has 7 heteroatoms. The first-order valence-corrected chi connectivity index (χ1v) is 6.50. The van der Waals surface area contributed by atoms with Crippen LogP contribution in [0.5, 0.6) is 0 Å². The van der Waals surface area contributed by atoms with Crippen molar-refractivity contribution in [2.45, 2.75) is 31.4 Å². The number of carboxylic acids is 1. The molecule has 1 rings (SSSR count). The second kappa shape index (κ2) is 7.96. The largest absolute Gasteiger partial charge is 0.481 e. The van der Waals surface area contributed by atoms with Crippen LogP contribution in [0.3, 0.4) is 0 Å². The third-order valence-corrected chi connectivity index (χ3v) is 3.39. The quantitative estimate of drug-likeness (QED) is 0.627. The summed E-state index contributed by atoms with van der Waals surface area (Å²) >= 11 is 0. The molecule has 0 aromatic heterocycles. The second-order valence-electron chi connectivity index (χ2n) is 4.73. The van der Waals surface area contributed by atoms with E-state index in [2.05, 4.69) is 10.6 Å². The van der Waals surface area contributed by atoms with Crippen LogP contribution in [0.15, 0.2) is 0 Å². The highest BCUT2D eigenvalue weighted by atomic mass is 16.5. The fourth-order valence-corrected chi connectivity index (χ4v) is 2.12. The van der Waals surface area contributed by atoms with Gasteiger partial charge in [-0.05, 0) is 25.9 Å². The number of amides is 2. The summed E-state index contributed by atoms with van der Waals surface area (Å²) in [5.74, 6) is -0.937. The number of nitrogens with one attached hydrogen (secondary N) is 2. The number of aliphatic carboxylic acids is 1. The zero-order valence-corrected chi connectivity index (χ0v) is 11.5. The lowest BCUT2D eigenvalue weighted by atomic mass is 10.1. The predicted octanol–water partition coefficient (Wildman–Crippen LogP) is -0.130. The van der Waals surface area contributed by atoms with Gasteiger partial charge in [-0.1, -0.05) is 0 Å². The molecule has 0 radical (unpaired) electrons. The van der Waals surface area contributed by atoms with Crippen LogP contribution in [0.2, 0.25) is 0 Å². The van der Waals surface area contributed by atoms with Gasteiger partial charge in [0.25, 0.3) is 0 Å². The van der Waals surface area contributed by atoms with Crippen molar-refractivity contribution in [3.63, 3.8) is 0 Å². The van der Waals surface area contributed by atoms with Gasteiger partial charge in [-0.15, -0.1) is 0 Å². The van der Waals surface area contributed by atoms with E-state index in [1.807, 2.05) is 0 Å². The number of nitrogens with zero attached hydrogens (tertiary/aromatic N) is 1. The number of piperidine rings is 1. The number of carboxylic acid groups (broad SMARTS) is 1. The van der Waals surface area contributed by atoms with Crippen molar-refractivity contribution in [2.75, 3.05) is 33.8 Å². The summed E-state index contributed by atoms with van der Waals surface area (Å²) in [5.41, 5.74) is 0. The van der Waals surface area contributed by atoms with E-state index in [1.54, 1.807) is 11.9 Å². The average molecular weight is 273 g/mol. The summed E-state index contributed by atoms with van der Waals surface area (Å²) in [7, 11) is 3.21. The Balaban J connectivity index is 2.34. The van der Waals surface area contributed by atoms with E-state index in [-0.39, 0.29) is 25.0 Å². The first-order valence-electron chi connectivity index (χ1n) is 6.50. The number of carbonyl (C=O) groups is 2. The third kappa shape index (κ3) is 5.44. The Bertz CT molecular complexity index is 305. The van der Waals surface area contributed by atoms with Gasteiger partial charge in [0.15, 0.2) is 0 Å². The minimum absolute atomic E-state index is 0.117. The zero-order chi connectivity index (χ0) is 14.3. The Labute approximate surface area is 113 Å². The van der Waals surface area contributed by atoms with Crippen LogP contribution in [-0.2, 0) is 9.53 Å². The Kier molecular flexibility index (Phi) is 6.58. The molecule has 1 aliphatic heterocycles. The molecular formula is C12H23N3O4. The van der Waals surface area contributed by atoms with E-state index in [1.165, 1.54) is 7.11 Å². The molecule has 0 aromatic rings. The van der Waals surface area contributed by atoms with E-state index >= 15 is 0 Å². The molecule has 1 atom stereocenters. The molecule has 19 heavy (non-hydrogen) atoms. The number of hydrogen-bond donors (Lipinski definition) is 3. The van der Waals surface area contributed by atoms with Crippen LogP contribution >= 0.6 is 0 Å². The molecule has 110 valence electrons. The van der Waals surface area contributed by atoms with Crippen LogP contribution in [0, 0.1) is 0 Å². The van der Waals surface area contributed by atoms with Crippen molar-refractivity contribution in [3.8, 4) is 0 Å². The fraction of sp³-hybridized carbons (Fsp3) is 0.833. The Hall–Kier alpha value is -1.34. The normalized spacial score (nSPS) is 17.8. The van der Waals surface area contributed by atoms with E-state index < -0.39 is 12.1 Å². The maximum absolute atomic E-state index is 11.9. The molecule has 1 fully saturated rings. The number of urea groups is 1. The van der Waals surface area contributed by atoms with Crippen molar-refractivity contribution < 1.29 is 19.4 Å². The van der Waals surface area contributed by atoms with Gasteiger partial charge in [0, 0.05) is 26.7 Å². The van der Waals surface area contributed by atoms with E-state index in [0.717, 1.165) is 25.9 Å². The predicted molar refractivity (Wildman–Crippen MR) is 70.1 cm³/mol. The van der Waals surface area contributed by atoms with E-state index in [9.17, 15) is 9.59 Å². The van der Waals surface area contributed by atoms with Gasteiger partial charge in [0.2, 0.25) is 0 Å². The zero-order valence-electron chi connectivity index (χ0n) is 11.5. The lowest BCUT2D eigenvalue weighted by molar-refractivity contribution is -0.139. The molecule has 7 nitrogen and oxygen atoms in total. The number of rotatable bonds is 6. The van der Waals surface area contributed by atoms with Crippen molar-refractivity contribution in [1.82, 2.24) is 15.5 Å². The maximum atomic E-state index is 11.9. The lowest BCUT2D eigenvalue weighted by Gasteiger charge is -2.32. The van der Waals surface area contributed by atoms with Gasteiger partial charge in [-0.2, -0.15) is 0 Å². The second-order valence-corrected chi connectivity index (χ2v) is 4.73. The summed E-state index contributed by atoms with van der Waals surface area (Å²) in [5, 5.41) is 14.6. The van der Waals surface area contributed by atoms with Gasteiger partial charge in [0.05, 0.1) is 12.5 Å². The van der Waals surface area contributed by atoms with Crippen LogP contribution in [-0.4, -0.2) is 67.9 Å². The number of ether oxygens (including phenoxy) is 1. The molecule has 3 N–H and O–H groups in total. The summed E-state index contributed by atoms with van der Waals surface area (Å²) < 4.78 is 5.01. The molecule has 1 heterocycles. The van der Waals surface area contributed by atoms with Gasteiger partial charge in [-0.25, -0.2) is 4.79 Å². The van der Waals surface area contributed by atoms with Crippen molar-refractivity contribution in [3.05, 3.63) is 0 Å². The highest BCUT2D eigenvalue weighted by Crippen LogP contribution is 2.09. The van der Waals surface area contributed by atoms with Gasteiger partial charge in [0.1, 0.15) is 0 Å². The van der Waals surface area contributed by atoms with Crippen molar-refractivity contribution in [2.24, 2.45) is 0 Å². The lowest BCUT2D eigenvalue weighted by Crippen LogP contribution is -2.49. The fourth-order valence-electron chi connectivity index (χ4n) is 2.12. The van der Waals surface area contributed by atoms with E-state index in [4.69, 9.17) is 9.84 Å².